The van der Waals surface area contributed by atoms with Gasteiger partial charge in [0, 0.05) is 0 Å². The number of hydrogen-bond acceptors (Lipinski definition) is 6. The highest BCUT2D eigenvalue weighted by molar-refractivity contribution is 5.91. The fourth-order valence-electron chi connectivity index (χ4n) is 2.59. The van der Waals surface area contributed by atoms with Gasteiger partial charge in [-0.15, -0.1) is 13.2 Å². The SMILES string of the molecule is FC(F)(F)Oc1ccc(-c2ccc3onc(NCc4ncco4)c3c2)cc1. The number of nitrogens with zero attached hydrogens (tertiary/aromatic N) is 2. The highest BCUT2D eigenvalue weighted by Gasteiger charge is 2.30. The molecule has 0 amide bonds. The molecule has 0 saturated carbocycles. The lowest BCUT2D eigenvalue weighted by Crippen LogP contribution is -2.16. The summed E-state index contributed by atoms with van der Waals surface area (Å²) in [4.78, 5) is 4.01. The van der Waals surface area contributed by atoms with Crippen LogP contribution in [0.2, 0.25) is 0 Å². The average Bonchev–Trinajstić information content (AvgIpc) is 3.28. The van der Waals surface area contributed by atoms with Crippen LogP contribution in [0.1, 0.15) is 5.89 Å². The number of benzene rings is 2. The Hall–Kier alpha value is -3.49. The number of oxazole rings is 1. The smallest absolute Gasteiger partial charge is 0.447 e. The summed E-state index contributed by atoms with van der Waals surface area (Å²) in [5.41, 5.74) is 2.10. The first kappa shape index (κ1) is 17.0. The van der Waals surface area contributed by atoms with Crippen LogP contribution in [0.4, 0.5) is 19.0 Å². The van der Waals surface area contributed by atoms with Crippen molar-refractivity contribution in [2.75, 3.05) is 5.32 Å². The van der Waals surface area contributed by atoms with Crippen LogP contribution in [0, 0.1) is 0 Å². The normalized spacial score (nSPS) is 11.7. The molecule has 4 rings (SSSR count). The van der Waals surface area contributed by atoms with E-state index in [0.717, 1.165) is 16.5 Å². The van der Waals surface area contributed by atoms with Gasteiger partial charge in [0.05, 0.1) is 18.1 Å². The van der Waals surface area contributed by atoms with E-state index >= 15 is 0 Å². The van der Waals surface area contributed by atoms with Crippen molar-refractivity contribution in [1.29, 1.82) is 0 Å². The van der Waals surface area contributed by atoms with E-state index in [2.05, 4.69) is 20.2 Å². The molecule has 0 aliphatic heterocycles. The van der Waals surface area contributed by atoms with Crippen LogP contribution in [0.5, 0.6) is 5.75 Å². The molecule has 0 saturated heterocycles. The van der Waals surface area contributed by atoms with Crippen molar-refractivity contribution in [3.63, 3.8) is 0 Å². The number of nitrogens with one attached hydrogen (secondary N) is 1. The van der Waals surface area contributed by atoms with E-state index in [1.54, 1.807) is 30.5 Å². The fourth-order valence-corrected chi connectivity index (χ4v) is 2.59. The Morgan fingerprint density at radius 2 is 1.81 bits per heavy atom. The van der Waals surface area contributed by atoms with Crippen molar-refractivity contribution in [3.8, 4) is 16.9 Å². The van der Waals surface area contributed by atoms with Crippen LogP contribution in [0.15, 0.2) is 63.9 Å². The van der Waals surface area contributed by atoms with Gasteiger partial charge in [-0.1, -0.05) is 23.4 Å². The van der Waals surface area contributed by atoms with E-state index in [1.807, 2.05) is 6.07 Å². The van der Waals surface area contributed by atoms with Crippen LogP contribution in [0.25, 0.3) is 22.1 Å². The monoisotopic (exact) mass is 375 g/mol. The van der Waals surface area contributed by atoms with Crippen LogP contribution < -0.4 is 10.1 Å². The highest BCUT2D eigenvalue weighted by atomic mass is 19.4. The van der Waals surface area contributed by atoms with Crippen LogP contribution in [0.3, 0.4) is 0 Å². The average molecular weight is 375 g/mol. The number of fused-ring (bicyclic) bond motifs is 1. The summed E-state index contributed by atoms with van der Waals surface area (Å²) in [7, 11) is 0. The number of hydrogen-bond donors (Lipinski definition) is 1. The molecule has 2 heterocycles. The second-order valence-corrected chi connectivity index (χ2v) is 5.59. The first-order chi connectivity index (χ1) is 13.0. The predicted molar refractivity (Wildman–Crippen MR) is 90.0 cm³/mol. The molecular formula is C18H12F3N3O3. The third-order valence-corrected chi connectivity index (χ3v) is 3.78. The van der Waals surface area contributed by atoms with Crippen molar-refractivity contribution in [1.82, 2.24) is 10.1 Å². The van der Waals surface area contributed by atoms with Crippen LogP contribution in [-0.2, 0) is 6.54 Å². The zero-order chi connectivity index (χ0) is 18.9. The van der Waals surface area contributed by atoms with E-state index in [-0.39, 0.29) is 5.75 Å². The Labute approximate surface area is 150 Å². The Morgan fingerprint density at radius 1 is 1.04 bits per heavy atom. The van der Waals surface area contributed by atoms with Crippen molar-refractivity contribution in [2.45, 2.75) is 12.9 Å². The van der Waals surface area contributed by atoms with Gasteiger partial charge in [0.25, 0.3) is 0 Å². The zero-order valence-electron chi connectivity index (χ0n) is 13.7. The van der Waals surface area contributed by atoms with E-state index in [0.29, 0.717) is 23.8 Å². The number of aromatic nitrogens is 2. The highest BCUT2D eigenvalue weighted by Crippen LogP contribution is 2.31. The molecular weight excluding hydrogens is 363 g/mol. The molecule has 0 aliphatic rings. The second-order valence-electron chi connectivity index (χ2n) is 5.59. The van der Waals surface area contributed by atoms with Gasteiger partial charge in [-0.05, 0) is 35.4 Å². The Kier molecular flexibility index (Phi) is 4.19. The van der Waals surface area contributed by atoms with E-state index in [9.17, 15) is 13.2 Å². The summed E-state index contributed by atoms with van der Waals surface area (Å²) in [6.45, 7) is 0.336. The number of halogens is 3. The van der Waals surface area contributed by atoms with E-state index in [4.69, 9.17) is 8.94 Å². The second kappa shape index (κ2) is 6.67. The van der Waals surface area contributed by atoms with Gasteiger partial charge in [0.1, 0.15) is 12.0 Å². The van der Waals surface area contributed by atoms with Gasteiger partial charge in [-0.25, -0.2) is 4.98 Å². The molecule has 27 heavy (non-hydrogen) atoms. The van der Waals surface area contributed by atoms with Crippen molar-refractivity contribution in [2.24, 2.45) is 0 Å². The topological polar surface area (TPSA) is 73.3 Å². The molecule has 1 N–H and O–H groups in total. The number of ether oxygens (including phenoxy) is 1. The third kappa shape index (κ3) is 3.86. The number of rotatable bonds is 5. The Balaban J connectivity index is 1.58. The first-order valence-corrected chi connectivity index (χ1v) is 7.86. The molecule has 6 nitrogen and oxygen atoms in total. The van der Waals surface area contributed by atoms with Crippen LogP contribution in [-0.4, -0.2) is 16.5 Å². The molecule has 0 aliphatic carbocycles. The Morgan fingerprint density at radius 3 is 2.52 bits per heavy atom. The van der Waals surface area contributed by atoms with Crippen molar-refractivity contribution in [3.05, 3.63) is 60.8 Å². The molecule has 0 atom stereocenters. The predicted octanol–water partition coefficient (Wildman–Crippen LogP) is 4.99. The molecule has 2 aromatic carbocycles. The lowest BCUT2D eigenvalue weighted by molar-refractivity contribution is -0.274. The summed E-state index contributed by atoms with van der Waals surface area (Å²) in [5.74, 6) is 0.746. The molecule has 9 heteroatoms. The summed E-state index contributed by atoms with van der Waals surface area (Å²) < 4.78 is 51.1. The minimum absolute atomic E-state index is 0.273. The van der Waals surface area contributed by atoms with Gasteiger partial charge >= 0.3 is 6.36 Å². The summed E-state index contributed by atoms with van der Waals surface area (Å²) >= 11 is 0. The largest absolute Gasteiger partial charge is 0.573 e. The number of alkyl halides is 3. The van der Waals surface area contributed by atoms with Crippen LogP contribution >= 0.6 is 0 Å². The maximum atomic E-state index is 12.3. The molecule has 0 fully saturated rings. The summed E-state index contributed by atoms with van der Waals surface area (Å²) in [5, 5.41) is 7.79. The number of anilines is 1. The van der Waals surface area contributed by atoms with Gasteiger partial charge in [0.2, 0.25) is 5.89 Å². The molecule has 2 aromatic heterocycles. The standard InChI is InChI=1S/C18H12F3N3O3/c19-18(20,21)26-13-4-1-11(2-5-13)12-3-6-15-14(9-12)17(24-27-15)23-10-16-22-7-8-25-16/h1-9H,10H2,(H,23,24). The molecule has 4 aromatic rings. The fraction of sp³-hybridized carbons (Fsp3) is 0.111. The first-order valence-electron chi connectivity index (χ1n) is 7.86. The maximum Gasteiger partial charge on any atom is 0.573 e. The minimum atomic E-state index is -4.72. The molecule has 138 valence electrons. The Bertz CT molecular complexity index is 1040. The molecule has 0 radical (unpaired) electrons. The summed E-state index contributed by atoms with van der Waals surface area (Å²) in [6, 6.07) is 11.0. The minimum Gasteiger partial charge on any atom is -0.447 e. The summed E-state index contributed by atoms with van der Waals surface area (Å²) in [6.07, 6.45) is -1.70. The lowest BCUT2D eigenvalue weighted by atomic mass is 10.0. The van der Waals surface area contributed by atoms with Gasteiger partial charge in [-0.3, -0.25) is 0 Å². The van der Waals surface area contributed by atoms with E-state index < -0.39 is 6.36 Å². The zero-order valence-corrected chi connectivity index (χ0v) is 13.7. The lowest BCUT2D eigenvalue weighted by Gasteiger charge is -2.09. The molecule has 0 unspecified atom stereocenters. The quantitative estimate of drug-likeness (QED) is 0.530. The maximum absolute atomic E-state index is 12.3. The van der Waals surface area contributed by atoms with E-state index in [1.165, 1.54) is 18.4 Å². The third-order valence-electron chi connectivity index (χ3n) is 3.78. The van der Waals surface area contributed by atoms with Gasteiger partial charge in [0.15, 0.2) is 11.4 Å². The van der Waals surface area contributed by atoms with Crippen molar-refractivity contribution >= 4 is 16.8 Å². The van der Waals surface area contributed by atoms with Gasteiger partial charge in [-0.2, -0.15) is 0 Å². The molecule has 0 spiro atoms. The van der Waals surface area contributed by atoms with Crippen molar-refractivity contribution < 1.29 is 26.8 Å². The molecule has 0 bridgehead atoms. The van der Waals surface area contributed by atoms with Gasteiger partial charge < -0.3 is 19.0 Å².